The van der Waals surface area contributed by atoms with E-state index in [4.69, 9.17) is 4.84 Å². The molecule has 1 aliphatic heterocycles. The van der Waals surface area contributed by atoms with Crippen LogP contribution in [0.5, 0.6) is 0 Å². The standard InChI is InChI=1S/C16H24N2O2/c1-15(2,3)20-18(13-19)16(9-11-17-12-10-16)14-7-5-4-6-8-14/h4-8,13,17H,9-12H2,1-3H3. The van der Waals surface area contributed by atoms with Crippen LogP contribution in [0, 0.1) is 0 Å². The van der Waals surface area contributed by atoms with Crippen LogP contribution in [0.3, 0.4) is 0 Å². The maximum absolute atomic E-state index is 11.6. The number of piperidine rings is 1. The number of rotatable bonds is 4. The first-order valence-corrected chi connectivity index (χ1v) is 7.18. The third-order valence-electron chi connectivity index (χ3n) is 3.63. The Hall–Kier alpha value is -1.39. The number of hydrogen-bond donors (Lipinski definition) is 1. The van der Waals surface area contributed by atoms with Crippen molar-refractivity contribution < 1.29 is 9.63 Å². The number of carbonyl (C=O) groups excluding carboxylic acids is 1. The van der Waals surface area contributed by atoms with E-state index >= 15 is 0 Å². The molecular formula is C16H24N2O2. The molecule has 0 aliphatic carbocycles. The van der Waals surface area contributed by atoms with E-state index in [1.165, 1.54) is 5.06 Å². The van der Waals surface area contributed by atoms with Gasteiger partial charge in [0.25, 0.3) is 0 Å². The van der Waals surface area contributed by atoms with Crippen molar-refractivity contribution in [1.82, 2.24) is 10.4 Å². The Morgan fingerprint density at radius 3 is 2.30 bits per heavy atom. The molecule has 2 rings (SSSR count). The Bertz CT molecular complexity index is 434. The molecule has 0 bridgehead atoms. The van der Waals surface area contributed by atoms with Crippen molar-refractivity contribution in [3.05, 3.63) is 35.9 Å². The second-order valence-electron chi connectivity index (χ2n) is 6.28. The summed E-state index contributed by atoms with van der Waals surface area (Å²) in [7, 11) is 0. The molecule has 0 spiro atoms. The van der Waals surface area contributed by atoms with Gasteiger partial charge in [0.2, 0.25) is 6.41 Å². The molecule has 0 unspecified atom stereocenters. The average Bonchev–Trinajstić information content (AvgIpc) is 2.45. The lowest BCUT2D eigenvalue weighted by Gasteiger charge is -2.46. The Morgan fingerprint density at radius 2 is 1.80 bits per heavy atom. The van der Waals surface area contributed by atoms with Crippen molar-refractivity contribution in [3.63, 3.8) is 0 Å². The largest absolute Gasteiger partial charge is 0.317 e. The van der Waals surface area contributed by atoms with Crippen LogP contribution in [0.4, 0.5) is 0 Å². The van der Waals surface area contributed by atoms with Crippen LogP contribution in [0.25, 0.3) is 0 Å². The summed E-state index contributed by atoms with van der Waals surface area (Å²) in [5, 5.41) is 4.88. The molecule has 110 valence electrons. The summed E-state index contributed by atoms with van der Waals surface area (Å²) in [5.41, 5.74) is 0.368. The first-order valence-electron chi connectivity index (χ1n) is 7.18. The summed E-state index contributed by atoms with van der Waals surface area (Å²) in [5.74, 6) is 0. The molecule has 1 saturated heterocycles. The highest BCUT2D eigenvalue weighted by Crippen LogP contribution is 2.37. The van der Waals surface area contributed by atoms with E-state index in [1.54, 1.807) is 0 Å². The minimum absolute atomic E-state index is 0.373. The summed E-state index contributed by atoms with van der Waals surface area (Å²) < 4.78 is 0. The molecule has 1 heterocycles. The molecule has 20 heavy (non-hydrogen) atoms. The van der Waals surface area contributed by atoms with E-state index in [0.29, 0.717) is 0 Å². The summed E-state index contributed by atoms with van der Waals surface area (Å²) in [6, 6.07) is 10.2. The second-order valence-corrected chi connectivity index (χ2v) is 6.28. The highest BCUT2D eigenvalue weighted by atomic mass is 16.7. The molecule has 0 radical (unpaired) electrons. The summed E-state index contributed by atoms with van der Waals surface area (Å²) >= 11 is 0. The summed E-state index contributed by atoms with van der Waals surface area (Å²) in [4.78, 5) is 17.6. The predicted octanol–water partition coefficient (Wildman–Crippen LogP) is 2.45. The van der Waals surface area contributed by atoms with Crippen LogP contribution in [0.2, 0.25) is 0 Å². The first kappa shape index (κ1) is 15.0. The third kappa shape index (κ3) is 3.19. The van der Waals surface area contributed by atoms with E-state index in [9.17, 15) is 4.79 Å². The van der Waals surface area contributed by atoms with Gasteiger partial charge >= 0.3 is 0 Å². The highest BCUT2D eigenvalue weighted by Gasteiger charge is 2.41. The van der Waals surface area contributed by atoms with Crippen LogP contribution >= 0.6 is 0 Å². The zero-order chi connectivity index (χ0) is 14.6. The molecule has 1 fully saturated rings. The van der Waals surface area contributed by atoms with E-state index < -0.39 is 5.60 Å². The lowest BCUT2D eigenvalue weighted by molar-refractivity contribution is -0.263. The van der Waals surface area contributed by atoms with Gasteiger partial charge in [-0.25, -0.2) is 5.06 Å². The minimum Gasteiger partial charge on any atom is -0.317 e. The van der Waals surface area contributed by atoms with Gasteiger partial charge < -0.3 is 5.32 Å². The van der Waals surface area contributed by atoms with Crippen LogP contribution in [-0.4, -0.2) is 30.2 Å². The van der Waals surface area contributed by atoms with Crippen molar-refractivity contribution in [3.8, 4) is 0 Å². The lowest BCUT2D eigenvalue weighted by Crippen LogP contribution is -2.53. The lowest BCUT2D eigenvalue weighted by atomic mass is 9.81. The molecule has 0 atom stereocenters. The van der Waals surface area contributed by atoms with Gasteiger partial charge in [-0.1, -0.05) is 30.3 Å². The van der Waals surface area contributed by atoms with Gasteiger partial charge in [0.15, 0.2) is 0 Å². The van der Waals surface area contributed by atoms with Crippen molar-refractivity contribution >= 4 is 6.41 Å². The monoisotopic (exact) mass is 276 g/mol. The fraction of sp³-hybridized carbons (Fsp3) is 0.562. The smallest absolute Gasteiger partial charge is 0.234 e. The van der Waals surface area contributed by atoms with Gasteiger partial charge in [-0.2, -0.15) is 0 Å². The maximum atomic E-state index is 11.6. The quantitative estimate of drug-likeness (QED) is 0.678. The minimum atomic E-state index is -0.395. The fourth-order valence-corrected chi connectivity index (χ4v) is 2.73. The van der Waals surface area contributed by atoms with Crippen LogP contribution in [0.1, 0.15) is 39.2 Å². The van der Waals surface area contributed by atoms with Gasteiger partial charge in [0, 0.05) is 0 Å². The first-order chi connectivity index (χ1) is 9.48. The number of amides is 1. The topological polar surface area (TPSA) is 41.6 Å². The zero-order valence-corrected chi connectivity index (χ0v) is 12.6. The molecule has 1 aromatic carbocycles. The van der Waals surface area contributed by atoms with Crippen LogP contribution in [-0.2, 0) is 15.2 Å². The SMILES string of the molecule is CC(C)(C)ON(C=O)C1(c2ccccc2)CCNCC1. The summed E-state index contributed by atoms with van der Waals surface area (Å²) in [6.07, 6.45) is 2.53. The molecule has 1 aliphatic rings. The van der Waals surface area contributed by atoms with Gasteiger partial charge in [-0.05, 0) is 52.3 Å². The van der Waals surface area contributed by atoms with Gasteiger partial charge in [-0.15, -0.1) is 0 Å². The Kier molecular flexibility index (Phi) is 4.45. The van der Waals surface area contributed by atoms with Gasteiger partial charge in [0.1, 0.15) is 0 Å². The van der Waals surface area contributed by atoms with Crippen LogP contribution in [0.15, 0.2) is 30.3 Å². The molecular weight excluding hydrogens is 252 g/mol. The maximum Gasteiger partial charge on any atom is 0.234 e. The number of hydroxylamine groups is 2. The number of hydrogen-bond acceptors (Lipinski definition) is 3. The van der Waals surface area contributed by atoms with Gasteiger partial charge in [-0.3, -0.25) is 9.63 Å². The second kappa shape index (κ2) is 5.94. The van der Waals surface area contributed by atoms with Crippen molar-refractivity contribution in [2.24, 2.45) is 0 Å². The number of carbonyl (C=O) groups is 1. The van der Waals surface area contributed by atoms with E-state index in [-0.39, 0.29) is 5.54 Å². The zero-order valence-electron chi connectivity index (χ0n) is 12.6. The number of nitrogens with zero attached hydrogens (tertiary/aromatic N) is 1. The Balaban J connectivity index is 2.38. The van der Waals surface area contributed by atoms with Crippen LogP contribution < -0.4 is 5.32 Å². The molecule has 1 N–H and O–H groups in total. The molecule has 0 saturated carbocycles. The molecule has 1 amide bonds. The normalized spacial score (nSPS) is 18.6. The van der Waals surface area contributed by atoms with E-state index in [2.05, 4.69) is 17.4 Å². The summed E-state index contributed by atoms with van der Waals surface area (Å²) in [6.45, 7) is 7.65. The molecule has 4 nitrogen and oxygen atoms in total. The van der Waals surface area contributed by atoms with Crippen molar-refractivity contribution in [2.75, 3.05) is 13.1 Å². The van der Waals surface area contributed by atoms with Crippen molar-refractivity contribution in [2.45, 2.75) is 44.8 Å². The highest BCUT2D eigenvalue weighted by molar-refractivity contribution is 5.49. The van der Waals surface area contributed by atoms with E-state index in [1.807, 2.05) is 39.0 Å². The molecule has 0 aromatic heterocycles. The Labute approximate surface area is 121 Å². The third-order valence-corrected chi connectivity index (χ3v) is 3.63. The van der Waals surface area contributed by atoms with E-state index in [0.717, 1.165) is 37.9 Å². The van der Waals surface area contributed by atoms with Crippen molar-refractivity contribution in [1.29, 1.82) is 0 Å². The molecule has 1 aromatic rings. The average molecular weight is 276 g/mol. The molecule has 4 heteroatoms. The number of benzene rings is 1. The predicted molar refractivity (Wildman–Crippen MR) is 79.0 cm³/mol. The van der Waals surface area contributed by atoms with Gasteiger partial charge in [0.05, 0.1) is 11.1 Å². The number of nitrogens with one attached hydrogen (secondary N) is 1. The Morgan fingerprint density at radius 1 is 1.20 bits per heavy atom. The fourth-order valence-electron chi connectivity index (χ4n) is 2.73.